The van der Waals surface area contributed by atoms with Crippen molar-refractivity contribution in [2.45, 2.75) is 39.9 Å². The predicted octanol–water partition coefficient (Wildman–Crippen LogP) is 2.18. The minimum atomic E-state index is -1.83. The molecule has 0 radical (unpaired) electrons. The van der Waals surface area contributed by atoms with Crippen LogP contribution in [0.1, 0.15) is 27.7 Å². The van der Waals surface area contributed by atoms with E-state index in [9.17, 15) is 4.79 Å². The third-order valence-electron chi connectivity index (χ3n) is 0.664. The van der Waals surface area contributed by atoms with Crippen LogP contribution < -0.4 is 0 Å². The van der Waals surface area contributed by atoms with Gasteiger partial charge in [0.05, 0.1) is 12.2 Å². The Hall–Kier alpha value is -1.46. The molecule has 14 heavy (non-hydrogen) atoms. The molecule has 0 fully saturated rings. The van der Waals surface area contributed by atoms with Crippen LogP contribution in [-0.4, -0.2) is 34.7 Å². The molecule has 0 aliphatic heterocycles. The summed E-state index contributed by atoms with van der Waals surface area (Å²) in [6.45, 7) is 7.12. The lowest BCUT2D eigenvalue weighted by atomic mass is 10.5. The Bertz CT molecular complexity index is 159. The van der Waals surface area contributed by atoms with Gasteiger partial charge in [-0.05, 0) is 27.7 Å². The van der Waals surface area contributed by atoms with Gasteiger partial charge in [0.25, 0.3) is 0 Å². The molecule has 0 aromatic heterocycles. The molecule has 0 aromatic rings. The first kappa shape index (κ1) is 15.0. The molecule has 0 bridgehead atoms. The maximum absolute atomic E-state index is 10.6. The van der Waals surface area contributed by atoms with Crippen LogP contribution in [0.5, 0.6) is 0 Å². The number of carbonyl (C=O) groups excluding carboxylic acids is 1. The zero-order chi connectivity index (χ0) is 11.7. The smallest absolute Gasteiger partial charge is 0.450 e. The van der Waals surface area contributed by atoms with Crippen LogP contribution in [0.4, 0.5) is 9.59 Å². The van der Waals surface area contributed by atoms with E-state index in [-0.39, 0.29) is 12.2 Å². The van der Waals surface area contributed by atoms with Crippen molar-refractivity contribution in [3.8, 4) is 0 Å². The number of hydrogen-bond donors (Lipinski definition) is 2. The van der Waals surface area contributed by atoms with Gasteiger partial charge < -0.3 is 19.7 Å². The van der Waals surface area contributed by atoms with Gasteiger partial charge in [0.2, 0.25) is 0 Å². The Morgan fingerprint density at radius 1 is 0.929 bits per heavy atom. The van der Waals surface area contributed by atoms with E-state index >= 15 is 0 Å². The summed E-state index contributed by atoms with van der Waals surface area (Å²) < 4.78 is 9.40. The molecule has 0 aliphatic rings. The van der Waals surface area contributed by atoms with Crippen LogP contribution in [-0.2, 0) is 9.47 Å². The SMILES string of the molecule is CC(C)OC(=O)OC(C)C.O=C(O)O. The van der Waals surface area contributed by atoms with Crippen molar-refractivity contribution >= 4 is 12.3 Å². The molecule has 0 rings (SSSR count). The van der Waals surface area contributed by atoms with Gasteiger partial charge in [-0.15, -0.1) is 0 Å². The molecule has 6 nitrogen and oxygen atoms in total. The topological polar surface area (TPSA) is 93.1 Å². The Morgan fingerprint density at radius 2 is 1.14 bits per heavy atom. The lowest BCUT2D eigenvalue weighted by molar-refractivity contribution is 0.0167. The first-order valence-electron chi connectivity index (χ1n) is 4.04. The van der Waals surface area contributed by atoms with E-state index in [2.05, 4.69) is 0 Å². The molecule has 0 unspecified atom stereocenters. The standard InChI is InChI=1S/C7H14O3.CH2O3/c1-5(2)9-7(8)10-6(3)4;2-1(3)4/h5-6H,1-4H3;(H2,2,3,4). The summed E-state index contributed by atoms with van der Waals surface area (Å²) >= 11 is 0. The van der Waals surface area contributed by atoms with Gasteiger partial charge in [-0.2, -0.15) is 0 Å². The fourth-order valence-electron chi connectivity index (χ4n) is 0.413. The predicted molar refractivity (Wildman–Crippen MR) is 48.5 cm³/mol. The Labute approximate surface area is 82.4 Å². The summed E-state index contributed by atoms with van der Waals surface area (Å²) in [6, 6.07) is 0. The van der Waals surface area contributed by atoms with Crippen LogP contribution in [0.2, 0.25) is 0 Å². The van der Waals surface area contributed by atoms with Gasteiger partial charge in [0, 0.05) is 0 Å². The summed E-state index contributed by atoms with van der Waals surface area (Å²) in [4.78, 5) is 19.2. The van der Waals surface area contributed by atoms with Crippen molar-refractivity contribution in [2.24, 2.45) is 0 Å². The first-order chi connectivity index (χ1) is 6.25. The zero-order valence-corrected chi connectivity index (χ0v) is 8.68. The minimum Gasteiger partial charge on any atom is -0.450 e. The molecule has 0 heterocycles. The highest BCUT2D eigenvalue weighted by Crippen LogP contribution is 1.95. The highest BCUT2D eigenvalue weighted by atomic mass is 16.7. The van der Waals surface area contributed by atoms with Gasteiger partial charge in [0.1, 0.15) is 0 Å². The molecule has 2 N–H and O–H groups in total. The van der Waals surface area contributed by atoms with Crippen LogP contribution in [0.15, 0.2) is 0 Å². The van der Waals surface area contributed by atoms with Gasteiger partial charge in [0.15, 0.2) is 0 Å². The quantitative estimate of drug-likeness (QED) is 0.675. The maximum Gasteiger partial charge on any atom is 0.508 e. The highest BCUT2D eigenvalue weighted by Gasteiger charge is 2.07. The van der Waals surface area contributed by atoms with E-state index in [0.29, 0.717) is 0 Å². The zero-order valence-electron chi connectivity index (χ0n) is 8.68. The first-order valence-corrected chi connectivity index (χ1v) is 4.04. The molecule has 0 saturated heterocycles. The van der Waals surface area contributed by atoms with Gasteiger partial charge >= 0.3 is 12.3 Å². The number of carbonyl (C=O) groups is 2. The number of hydrogen-bond acceptors (Lipinski definition) is 4. The number of carboxylic acid groups (broad SMARTS) is 2. The van der Waals surface area contributed by atoms with Crippen LogP contribution in [0.3, 0.4) is 0 Å². The van der Waals surface area contributed by atoms with E-state index < -0.39 is 12.3 Å². The Kier molecular flexibility index (Phi) is 8.75. The second-order valence-electron chi connectivity index (χ2n) is 2.87. The molecular weight excluding hydrogens is 192 g/mol. The summed E-state index contributed by atoms with van der Waals surface area (Å²) in [5, 5.41) is 13.9. The Morgan fingerprint density at radius 3 is 1.29 bits per heavy atom. The van der Waals surface area contributed by atoms with Gasteiger partial charge in [-0.1, -0.05) is 0 Å². The van der Waals surface area contributed by atoms with Crippen molar-refractivity contribution in [3.05, 3.63) is 0 Å². The summed E-state index contributed by atoms with van der Waals surface area (Å²) in [5.41, 5.74) is 0. The molecule has 84 valence electrons. The van der Waals surface area contributed by atoms with Crippen molar-refractivity contribution in [1.29, 1.82) is 0 Å². The van der Waals surface area contributed by atoms with E-state index in [0.717, 1.165) is 0 Å². The highest BCUT2D eigenvalue weighted by molar-refractivity contribution is 5.60. The molecule has 0 atom stereocenters. The van der Waals surface area contributed by atoms with Gasteiger partial charge in [-0.3, -0.25) is 0 Å². The second kappa shape index (κ2) is 8.15. The average molecular weight is 208 g/mol. The van der Waals surface area contributed by atoms with E-state index in [1.54, 1.807) is 27.7 Å². The molecule has 0 aromatic carbocycles. The third kappa shape index (κ3) is 22.4. The molecule has 0 aliphatic carbocycles. The van der Waals surface area contributed by atoms with E-state index in [4.69, 9.17) is 24.5 Å². The van der Waals surface area contributed by atoms with Crippen molar-refractivity contribution in [1.82, 2.24) is 0 Å². The maximum atomic E-state index is 10.6. The van der Waals surface area contributed by atoms with E-state index in [1.165, 1.54) is 0 Å². The fraction of sp³-hybridized carbons (Fsp3) is 0.750. The summed E-state index contributed by atoms with van der Waals surface area (Å²) in [5.74, 6) is 0. The summed E-state index contributed by atoms with van der Waals surface area (Å²) in [7, 11) is 0. The minimum absolute atomic E-state index is 0.105. The second-order valence-corrected chi connectivity index (χ2v) is 2.87. The monoisotopic (exact) mass is 208 g/mol. The lowest BCUT2D eigenvalue weighted by Crippen LogP contribution is -2.16. The van der Waals surface area contributed by atoms with Crippen molar-refractivity contribution in [2.75, 3.05) is 0 Å². The molecule has 6 heteroatoms. The molecular formula is C8H16O6. The molecule has 0 amide bonds. The van der Waals surface area contributed by atoms with Crippen LogP contribution in [0, 0.1) is 0 Å². The molecule has 0 spiro atoms. The third-order valence-corrected chi connectivity index (χ3v) is 0.664. The Balaban J connectivity index is 0. The van der Waals surface area contributed by atoms with Crippen LogP contribution in [0.25, 0.3) is 0 Å². The number of ether oxygens (including phenoxy) is 2. The van der Waals surface area contributed by atoms with Gasteiger partial charge in [-0.25, -0.2) is 9.59 Å². The van der Waals surface area contributed by atoms with E-state index in [1.807, 2.05) is 0 Å². The van der Waals surface area contributed by atoms with Crippen molar-refractivity contribution in [3.63, 3.8) is 0 Å². The van der Waals surface area contributed by atoms with Crippen LogP contribution >= 0.6 is 0 Å². The number of rotatable bonds is 2. The fourth-order valence-corrected chi connectivity index (χ4v) is 0.413. The normalized spacial score (nSPS) is 9.00. The van der Waals surface area contributed by atoms with Crippen molar-refractivity contribution < 1.29 is 29.3 Å². The molecule has 0 saturated carbocycles. The largest absolute Gasteiger partial charge is 0.508 e. The lowest BCUT2D eigenvalue weighted by Gasteiger charge is -2.10. The average Bonchev–Trinajstić information content (AvgIpc) is 1.79. The summed E-state index contributed by atoms with van der Waals surface area (Å²) in [6.07, 6.45) is -2.64.